The second-order valence-electron chi connectivity index (χ2n) is 10.8. The molecule has 4 nitrogen and oxygen atoms in total. The Labute approximate surface area is 236 Å². The number of carbonyl (C=O) groups is 2. The standard InChI is InChI=1S/C35H23ClN2O2/c36-22-11-8-12-23(19-22)37-20-35-27-16-5-3-14-25(27)30(26-15-4-6-17-28(26)35)31-32(35)34(40)38(33(31)39)29-18-7-10-21-9-1-2-13-24(21)29/h1-20,30-32H/t30?,31-,32+,35?/m1/s1. The molecular weight excluding hydrogens is 516 g/mol. The molecule has 0 radical (unpaired) electrons. The quantitative estimate of drug-likeness (QED) is 0.177. The minimum Gasteiger partial charge on any atom is -0.274 e. The van der Waals surface area contributed by atoms with E-state index in [-0.39, 0.29) is 17.7 Å². The van der Waals surface area contributed by atoms with Crippen LogP contribution in [0, 0.1) is 11.8 Å². The van der Waals surface area contributed by atoms with Gasteiger partial charge in [0.1, 0.15) is 0 Å². The van der Waals surface area contributed by atoms with E-state index >= 15 is 0 Å². The van der Waals surface area contributed by atoms with Crippen molar-refractivity contribution in [2.24, 2.45) is 16.8 Å². The molecule has 0 saturated carbocycles. The minimum absolute atomic E-state index is 0.152. The topological polar surface area (TPSA) is 49.7 Å². The summed E-state index contributed by atoms with van der Waals surface area (Å²) in [7, 11) is 0. The Morgan fingerprint density at radius 3 is 2.12 bits per heavy atom. The third-order valence-corrected chi connectivity index (χ3v) is 9.15. The number of benzene rings is 5. The van der Waals surface area contributed by atoms with E-state index in [4.69, 9.17) is 16.6 Å². The van der Waals surface area contributed by atoms with Gasteiger partial charge >= 0.3 is 0 Å². The molecule has 40 heavy (non-hydrogen) atoms. The molecule has 5 heteroatoms. The summed E-state index contributed by atoms with van der Waals surface area (Å²) in [5.74, 6) is -1.71. The normalized spacial score (nSPS) is 24.4. The molecule has 5 aromatic carbocycles. The summed E-state index contributed by atoms with van der Waals surface area (Å²) in [5.41, 5.74) is 4.65. The molecule has 0 unspecified atom stereocenters. The maximum Gasteiger partial charge on any atom is 0.239 e. The van der Waals surface area contributed by atoms with E-state index in [9.17, 15) is 9.59 Å². The number of nitrogens with zero attached hydrogens (tertiary/aromatic N) is 2. The Hall–Kier alpha value is -4.54. The van der Waals surface area contributed by atoms with Gasteiger partial charge in [0.2, 0.25) is 11.8 Å². The van der Waals surface area contributed by atoms with Gasteiger partial charge in [-0.15, -0.1) is 0 Å². The summed E-state index contributed by atoms with van der Waals surface area (Å²) < 4.78 is 0. The number of halogens is 1. The molecule has 9 rings (SSSR count). The molecular formula is C35H23ClN2O2. The molecule has 1 heterocycles. The molecule has 2 atom stereocenters. The molecule has 1 saturated heterocycles. The van der Waals surface area contributed by atoms with Gasteiger partial charge in [-0.3, -0.25) is 14.6 Å². The summed E-state index contributed by atoms with van der Waals surface area (Å²) >= 11 is 6.29. The molecule has 2 amide bonds. The summed E-state index contributed by atoms with van der Waals surface area (Å²) in [4.78, 5) is 35.6. The van der Waals surface area contributed by atoms with E-state index in [1.165, 1.54) is 4.90 Å². The molecule has 0 aromatic heterocycles. The Balaban J connectivity index is 1.40. The fourth-order valence-electron chi connectivity index (χ4n) is 7.42. The van der Waals surface area contributed by atoms with Crippen LogP contribution in [0.3, 0.4) is 0 Å². The van der Waals surface area contributed by atoms with Crippen LogP contribution < -0.4 is 4.90 Å². The average molecular weight is 539 g/mol. The minimum atomic E-state index is -0.916. The maximum absolute atomic E-state index is 14.7. The van der Waals surface area contributed by atoms with E-state index in [1.807, 2.05) is 97.2 Å². The number of fused-ring (bicyclic) bond motifs is 1. The number of rotatable bonds is 3. The van der Waals surface area contributed by atoms with Gasteiger partial charge in [0, 0.05) is 22.5 Å². The fourth-order valence-corrected chi connectivity index (χ4v) is 7.61. The smallest absolute Gasteiger partial charge is 0.239 e. The third kappa shape index (κ3) is 3.00. The van der Waals surface area contributed by atoms with Crippen LogP contribution in [0.15, 0.2) is 120 Å². The van der Waals surface area contributed by atoms with Gasteiger partial charge in [0.05, 0.1) is 28.6 Å². The first-order valence-electron chi connectivity index (χ1n) is 13.4. The van der Waals surface area contributed by atoms with Crippen LogP contribution in [0.2, 0.25) is 5.02 Å². The van der Waals surface area contributed by atoms with Crippen molar-refractivity contribution in [1.82, 2.24) is 0 Å². The Kier molecular flexibility index (Phi) is 4.95. The molecule has 4 aliphatic rings. The first-order chi connectivity index (χ1) is 19.6. The number of carbonyl (C=O) groups excluding carboxylic acids is 2. The summed E-state index contributed by atoms with van der Waals surface area (Å²) in [6.07, 6.45) is 1.90. The Morgan fingerprint density at radius 1 is 0.725 bits per heavy atom. The lowest BCUT2D eigenvalue weighted by molar-refractivity contribution is -0.122. The van der Waals surface area contributed by atoms with E-state index < -0.39 is 17.3 Å². The summed E-state index contributed by atoms with van der Waals surface area (Å²) in [6, 6.07) is 37.5. The molecule has 1 fully saturated rings. The largest absolute Gasteiger partial charge is 0.274 e. The zero-order valence-corrected chi connectivity index (χ0v) is 22.1. The van der Waals surface area contributed by atoms with Crippen LogP contribution in [0.4, 0.5) is 11.4 Å². The van der Waals surface area contributed by atoms with Gasteiger partial charge in [-0.05, 0) is 51.9 Å². The van der Waals surface area contributed by atoms with Crippen molar-refractivity contribution in [2.75, 3.05) is 4.90 Å². The summed E-state index contributed by atoms with van der Waals surface area (Å²) in [5, 5.41) is 2.46. The second-order valence-corrected chi connectivity index (χ2v) is 11.2. The van der Waals surface area contributed by atoms with Gasteiger partial charge in [0.15, 0.2) is 0 Å². The highest BCUT2D eigenvalue weighted by atomic mass is 35.5. The van der Waals surface area contributed by atoms with Crippen molar-refractivity contribution < 1.29 is 9.59 Å². The van der Waals surface area contributed by atoms with Crippen LogP contribution in [0.5, 0.6) is 0 Å². The van der Waals surface area contributed by atoms with Crippen molar-refractivity contribution >= 4 is 51.8 Å². The van der Waals surface area contributed by atoms with E-state index in [2.05, 4.69) is 24.3 Å². The average Bonchev–Trinajstić information content (AvgIpc) is 3.26. The van der Waals surface area contributed by atoms with Gasteiger partial charge in [-0.25, -0.2) is 4.90 Å². The molecule has 5 aromatic rings. The van der Waals surface area contributed by atoms with Crippen molar-refractivity contribution in [3.8, 4) is 0 Å². The number of amides is 2. The summed E-state index contributed by atoms with van der Waals surface area (Å²) in [6.45, 7) is 0. The van der Waals surface area contributed by atoms with Crippen molar-refractivity contribution in [1.29, 1.82) is 0 Å². The first-order valence-corrected chi connectivity index (χ1v) is 13.8. The fraction of sp³-hybridized carbons (Fsp3) is 0.114. The number of aliphatic imine (C=N–C) groups is 1. The van der Waals surface area contributed by atoms with Crippen LogP contribution in [0.25, 0.3) is 10.8 Å². The molecule has 2 bridgehead atoms. The van der Waals surface area contributed by atoms with E-state index in [0.717, 1.165) is 33.0 Å². The number of anilines is 1. The van der Waals surface area contributed by atoms with Crippen molar-refractivity contribution in [2.45, 2.75) is 11.3 Å². The molecule has 3 aliphatic carbocycles. The zero-order chi connectivity index (χ0) is 27.0. The van der Waals surface area contributed by atoms with Gasteiger partial charge in [0.25, 0.3) is 0 Å². The Morgan fingerprint density at radius 2 is 1.38 bits per heavy atom. The van der Waals surface area contributed by atoms with Crippen LogP contribution in [-0.4, -0.2) is 18.0 Å². The highest BCUT2D eigenvalue weighted by molar-refractivity contribution is 6.31. The number of hydrogen-bond acceptors (Lipinski definition) is 3. The molecule has 0 N–H and O–H groups in total. The van der Waals surface area contributed by atoms with Crippen LogP contribution in [-0.2, 0) is 15.0 Å². The van der Waals surface area contributed by atoms with E-state index in [0.29, 0.717) is 16.4 Å². The second kappa shape index (κ2) is 8.48. The SMILES string of the molecule is O=C1[C@@H]2C3c4ccccc4C(C=Nc4cccc(Cl)c4)(c4ccccc43)[C@@H]2C(=O)N1c1cccc2ccccc12. The predicted octanol–water partition coefficient (Wildman–Crippen LogP) is 7.45. The van der Waals surface area contributed by atoms with Gasteiger partial charge < -0.3 is 0 Å². The highest BCUT2D eigenvalue weighted by Crippen LogP contribution is 2.64. The first kappa shape index (κ1) is 23.4. The van der Waals surface area contributed by atoms with E-state index in [1.54, 1.807) is 0 Å². The lowest BCUT2D eigenvalue weighted by atomic mass is 9.47. The third-order valence-electron chi connectivity index (χ3n) is 8.92. The monoisotopic (exact) mass is 538 g/mol. The Bertz CT molecular complexity index is 1860. The molecule has 1 aliphatic heterocycles. The molecule has 192 valence electrons. The lowest BCUT2D eigenvalue weighted by Crippen LogP contribution is -2.54. The zero-order valence-electron chi connectivity index (χ0n) is 21.4. The lowest BCUT2D eigenvalue weighted by Gasteiger charge is -2.52. The molecule has 0 spiro atoms. The number of hydrogen-bond donors (Lipinski definition) is 0. The maximum atomic E-state index is 14.7. The van der Waals surface area contributed by atoms with Gasteiger partial charge in [-0.2, -0.15) is 0 Å². The predicted molar refractivity (Wildman–Crippen MR) is 159 cm³/mol. The highest BCUT2D eigenvalue weighted by Gasteiger charge is 2.68. The van der Waals surface area contributed by atoms with Gasteiger partial charge in [-0.1, -0.05) is 103 Å². The van der Waals surface area contributed by atoms with Crippen molar-refractivity contribution in [3.63, 3.8) is 0 Å². The van der Waals surface area contributed by atoms with Crippen LogP contribution >= 0.6 is 11.6 Å². The van der Waals surface area contributed by atoms with Crippen LogP contribution in [0.1, 0.15) is 28.2 Å². The van der Waals surface area contributed by atoms with Crippen molar-refractivity contribution in [3.05, 3.63) is 143 Å². The number of imide groups is 1.